The first-order valence-electron chi connectivity index (χ1n) is 11.8. The minimum absolute atomic E-state index is 0.0957. The number of rotatable bonds is 4. The van der Waals surface area contributed by atoms with Crippen LogP contribution in [0.5, 0.6) is 0 Å². The van der Waals surface area contributed by atoms with E-state index in [9.17, 15) is 20.1 Å². The average Bonchev–Trinajstić information content (AvgIpc) is 3.01. The van der Waals surface area contributed by atoms with Gasteiger partial charge in [-0.1, -0.05) is 20.8 Å². The number of hydrogen-bond donors (Lipinski definition) is 4. The molecule has 0 unspecified atom stereocenters. The Morgan fingerprint density at radius 2 is 1.76 bits per heavy atom. The standard InChI is InChI=1S/C24H40O5/c1-13(4-7-21(28)29)16-5-6-17-22-18(12-20(27)24(16,17)3)23(2)9-8-15(25)10-14(23)11-19(22)26/h13-20,22,25-27H,4-12H2,1-3H3,(H,28,29)/t13-,14+,15-,16-,17-,18-,19+,20-,22-,23+,24-/m1/s1. The van der Waals surface area contributed by atoms with E-state index in [0.717, 1.165) is 44.9 Å². The van der Waals surface area contributed by atoms with Gasteiger partial charge in [0.15, 0.2) is 0 Å². The molecular formula is C24H40O5. The quantitative estimate of drug-likeness (QED) is 0.571. The Bertz CT molecular complexity index is 637. The first kappa shape index (κ1) is 21.6. The molecule has 0 amide bonds. The molecule has 4 fully saturated rings. The predicted molar refractivity (Wildman–Crippen MR) is 110 cm³/mol. The van der Waals surface area contributed by atoms with Crippen LogP contribution in [-0.4, -0.2) is 44.7 Å². The van der Waals surface area contributed by atoms with Crippen molar-refractivity contribution < 1.29 is 25.2 Å². The van der Waals surface area contributed by atoms with Crippen molar-refractivity contribution in [2.45, 2.75) is 96.9 Å². The van der Waals surface area contributed by atoms with Gasteiger partial charge >= 0.3 is 5.97 Å². The van der Waals surface area contributed by atoms with Crippen molar-refractivity contribution in [1.82, 2.24) is 0 Å². The van der Waals surface area contributed by atoms with E-state index in [2.05, 4.69) is 20.8 Å². The fourth-order valence-electron chi connectivity index (χ4n) is 8.68. The number of aliphatic hydroxyl groups excluding tert-OH is 3. The molecule has 5 heteroatoms. The van der Waals surface area contributed by atoms with Gasteiger partial charge in [0.05, 0.1) is 18.3 Å². The lowest BCUT2D eigenvalue weighted by Crippen LogP contribution is -2.62. The first-order valence-corrected chi connectivity index (χ1v) is 11.8. The highest BCUT2D eigenvalue weighted by Gasteiger charge is 2.65. The van der Waals surface area contributed by atoms with Gasteiger partial charge in [-0.3, -0.25) is 4.79 Å². The zero-order valence-corrected chi connectivity index (χ0v) is 18.3. The molecule has 166 valence electrons. The number of carboxylic acids is 1. The van der Waals surface area contributed by atoms with Crippen molar-refractivity contribution in [2.24, 2.45) is 46.3 Å². The van der Waals surface area contributed by atoms with Crippen molar-refractivity contribution >= 4 is 5.97 Å². The SMILES string of the molecule is C[C@H](CCC(=O)O)[C@H]1CC[C@@H]2[C@@H]3[C@@H](C[C@@H](O)[C@@]21C)[C@@]1(C)CC[C@@H](O)C[C@H]1C[C@@H]3O. The topological polar surface area (TPSA) is 98.0 Å². The number of carbonyl (C=O) groups is 1. The smallest absolute Gasteiger partial charge is 0.303 e. The molecule has 29 heavy (non-hydrogen) atoms. The molecule has 0 aromatic rings. The van der Waals surface area contributed by atoms with Crippen LogP contribution in [0.15, 0.2) is 0 Å². The van der Waals surface area contributed by atoms with Crippen LogP contribution in [0.3, 0.4) is 0 Å². The number of carboxylic acid groups (broad SMARTS) is 1. The van der Waals surface area contributed by atoms with Crippen LogP contribution in [0.1, 0.15) is 78.6 Å². The van der Waals surface area contributed by atoms with Crippen molar-refractivity contribution in [3.05, 3.63) is 0 Å². The van der Waals surface area contributed by atoms with E-state index in [1.54, 1.807) is 0 Å². The van der Waals surface area contributed by atoms with Crippen LogP contribution in [0.2, 0.25) is 0 Å². The third-order valence-corrected chi connectivity index (χ3v) is 10.3. The van der Waals surface area contributed by atoms with Gasteiger partial charge in [0, 0.05) is 6.42 Å². The highest BCUT2D eigenvalue weighted by Crippen LogP contribution is 2.68. The van der Waals surface area contributed by atoms with E-state index >= 15 is 0 Å². The highest BCUT2D eigenvalue weighted by atomic mass is 16.4. The summed E-state index contributed by atoms with van der Waals surface area (Å²) >= 11 is 0. The van der Waals surface area contributed by atoms with Gasteiger partial charge in [-0.15, -0.1) is 0 Å². The Labute approximate surface area is 174 Å². The molecule has 0 aromatic heterocycles. The summed E-state index contributed by atoms with van der Waals surface area (Å²) < 4.78 is 0. The predicted octanol–water partition coefficient (Wildman–Crippen LogP) is 3.45. The molecule has 0 aromatic carbocycles. The molecule has 4 saturated carbocycles. The van der Waals surface area contributed by atoms with Crippen LogP contribution in [0.25, 0.3) is 0 Å². The van der Waals surface area contributed by atoms with Crippen LogP contribution < -0.4 is 0 Å². The summed E-state index contributed by atoms with van der Waals surface area (Å²) in [5.41, 5.74) is -0.143. The van der Waals surface area contributed by atoms with Crippen molar-refractivity contribution in [1.29, 1.82) is 0 Å². The summed E-state index contributed by atoms with van der Waals surface area (Å²) in [6.45, 7) is 6.72. The minimum Gasteiger partial charge on any atom is -0.481 e. The lowest BCUT2D eigenvalue weighted by molar-refractivity contribution is -0.207. The normalized spacial score (nSPS) is 52.9. The van der Waals surface area contributed by atoms with Gasteiger partial charge in [-0.25, -0.2) is 0 Å². The molecule has 0 spiro atoms. The minimum atomic E-state index is -0.748. The maximum atomic E-state index is 11.5. The van der Waals surface area contributed by atoms with Gasteiger partial charge in [-0.05, 0) is 97.7 Å². The van der Waals surface area contributed by atoms with Gasteiger partial charge in [0.25, 0.3) is 0 Å². The maximum absolute atomic E-state index is 11.5. The fraction of sp³-hybridized carbons (Fsp3) is 0.958. The second-order valence-electron chi connectivity index (χ2n) is 11.4. The summed E-state index contributed by atoms with van der Waals surface area (Å²) in [5.74, 6) is 0.997. The van der Waals surface area contributed by atoms with E-state index < -0.39 is 12.1 Å². The zero-order valence-electron chi connectivity index (χ0n) is 18.3. The van der Waals surface area contributed by atoms with Gasteiger partial charge in [-0.2, -0.15) is 0 Å². The van der Waals surface area contributed by atoms with Gasteiger partial charge < -0.3 is 20.4 Å². The molecule has 4 aliphatic carbocycles. The largest absolute Gasteiger partial charge is 0.481 e. The average molecular weight is 409 g/mol. The number of fused-ring (bicyclic) bond motifs is 5. The third-order valence-electron chi connectivity index (χ3n) is 10.3. The van der Waals surface area contributed by atoms with E-state index in [0.29, 0.717) is 30.1 Å². The van der Waals surface area contributed by atoms with Crippen LogP contribution >= 0.6 is 0 Å². The Hall–Kier alpha value is -0.650. The first-order chi connectivity index (χ1) is 13.6. The molecule has 4 rings (SSSR count). The lowest BCUT2D eigenvalue weighted by atomic mass is 9.43. The lowest BCUT2D eigenvalue weighted by Gasteiger charge is -2.63. The molecule has 0 bridgehead atoms. The molecule has 0 aliphatic heterocycles. The van der Waals surface area contributed by atoms with Crippen LogP contribution in [-0.2, 0) is 4.79 Å². The molecular weight excluding hydrogens is 368 g/mol. The van der Waals surface area contributed by atoms with Crippen molar-refractivity contribution in [3.8, 4) is 0 Å². The number of aliphatic carboxylic acids is 1. The van der Waals surface area contributed by atoms with E-state index in [-0.39, 0.29) is 41.3 Å². The number of hydrogen-bond acceptors (Lipinski definition) is 4. The Morgan fingerprint density at radius 1 is 1.03 bits per heavy atom. The molecule has 0 saturated heterocycles. The Kier molecular flexibility index (Phi) is 5.57. The Balaban J connectivity index is 1.61. The second kappa shape index (κ2) is 7.49. The molecule has 4 N–H and O–H groups in total. The van der Waals surface area contributed by atoms with E-state index in [4.69, 9.17) is 5.11 Å². The maximum Gasteiger partial charge on any atom is 0.303 e. The van der Waals surface area contributed by atoms with Crippen LogP contribution in [0, 0.1) is 46.3 Å². The van der Waals surface area contributed by atoms with E-state index in [1.807, 2.05) is 0 Å². The molecule has 11 atom stereocenters. The fourth-order valence-corrected chi connectivity index (χ4v) is 8.68. The summed E-state index contributed by atoms with van der Waals surface area (Å²) in [6, 6.07) is 0. The zero-order chi connectivity index (χ0) is 21.1. The molecule has 5 nitrogen and oxygen atoms in total. The summed E-state index contributed by atoms with van der Waals surface area (Å²) in [6.07, 6.45) is 6.00. The summed E-state index contributed by atoms with van der Waals surface area (Å²) in [5, 5.41) is 42.0. The van der Waals surface area contributed by atoms with Crippen molar-refractivity contribution in [2.75, 3.05) is 0 Å². The second-order valence-corrected chi connectivity index (χ2v) is 11.4. The van der Waals surface area contributed by atoms with Gasteiger partial charge in [0.1, 0.15) is 0 Å². The molecule has 4 aliphatic rings. The summed E-state index contributed by atoms with van der Waals surface area (Å²) in [4.78, 5) is 11.1. The third kappa shape index (κ3) is 3.27. The monoisotopic (exact) mass is 408 g/mol. The highest BCUT2D eigenvalue weighted by molar-refractivity contribution is 5.66. The molecule has 0 heterocycles. The Morgan fingerprint density at radius 3 is 2.45 bits per heavy atom. The van der Waals surface area contributed by atoms with Crippen molar-refractivity contribution in [3.63, 3.8) is 0 Å². The van der Waals surface area contributed by atoms with Crippen LogP contribution in [0.4, 0.5) is 0 Å². The summed E-state index contributed by atoms with van der Waals surface area (Å²) in [7, 11) is 0. The van der Waals surface area contributed by atoms with Gasteiger partial charge in [0.2, 0.25) is 0 Å². The van der Waals surface area contributed by atoms with E-state index in [1.165, 1.54) is 0 Å². The number of aliphatic hydroxyl groups is 3. The molecule has 0 radical (unpaired) electrons.